The highest BCUT2D eigenvalue weighted by atomic mass is 16.3. The fourth-order valence-corrected chi connectivity index (χ4v) is 1.26. The summed E-state index contributed by atoms with van der Waals surface area (Å²) in [5, 5.41) is 9.63. The zero-order valence-electron chi connectivity index (χ0n) is 8.05. The van der Waals surface area contributed by atoms with Gasteiger partial charge in [-0.15, -0.1) is 0 Å². The number of aromatic nitrogens is 1. The summed E-state index contributed by atoms with van der Waals surface area (Å²) < 4.78 is 0. The van der Waals surface area contributed by atoms with Gasteiger partial charge in [0.05, 0.1) is 5.69 Å². The summed E-state index contributed by atoms with van der Waals surface area (Å²) in [4.78, 5) is 4.28. The van der Waals surface area contributed by atoms with E-state index in [-0.39, 0.29) is 5.92 Å². The third kappa shape index (κ3) is 1.58. The van der Waals surface area contributed by atoms with Crippen LogP contribution in [-0.2, 0) is 0 Å². The van der Waals surface area contributed by atoms with Crippen molar-refractivity contribution in [2.24, 2.45) is 0 Å². The van der Waals surface area contributed by atoms with Crippen LogP contribution in [0.2, 0.25) is 0 Å². The Bertz CT molecular complexity index is 292. The molecule has 2 heteroatoms. The first-order valence-corrected chi connectivity index (χ1v) is 4.19. The maximum absolute atomic E-state index is 9.63. The van der Waals surface area contributed by atoms with E-state index in [1.54, 1.807) is 0 Å². The summed E-state index contributed by atoms with van der Waals surface area (Å²) in [5.74, 6) is 0.624. The molecule has 0 radical (unpaired) electrons. The van der Waals surface area contributed by atoms with E-state index in [0.717, 1.165) is 17.0 Å². The molecule has 2 nitrogen and oxygen atoms in total. The topological polar surface area (TPSA) is 33.1 Å². The smallest absolute Gasteiger partial charge is 0.140 e. The monoisotopic (exact) mass is 165 g/mol. The van der Waals surface area contributed by atoms with Crippen molar-refractivity contribution in [3.63, 3.8) is 0 Å². The number of rotatable bonds is 1. The highest BCUT2D eigenvalue weighted by Crippen LogP contribution is 2.26. The maximum atomic E-state index is 9.63. The molecule has 0 atom stereocenters. The molecule has 0 aliphatic carbocycles. The molecule has 66 valence electrons. The van der Waals surface area contributed by atoms with Crippen LogP contribution in [0, 0.1) is 13.8 Å². The maximum Gasteiger partial charge on any atom is 0.140 e. The second-order valence-electron chi connectivity index (χ2n) is 3.47. The molecule has 0 aliphatic heterocycles. The van der Waals surface area contributed by atoms with Gasteiger partial charge in [-0.3, -0.25) is 4.98 Å². The van der Waals surface area contributed by atoms with Crippen molar-refractivity contribution in [2.75, 3.05) is 0 Å². The first kappa shape index (κ1) is 9.04. The lowest BCUT2D eigenvalue weighted by molar-refractivity contribution is 0.455. The molecule has 0 spiro atoms. The molecule has 0 bridgehead atoms. The largest absolute Gasteiger partial charge is 0.506 e. The minimum atomic E-state index is 0.281. The Balaban J connectivity index is 3.28. The van der Waals surface area contributed by atoms with E-state index in [9.17, 15) is 5.11 Å². The fourth-order valence-electron chi connectivity index (χ4n) is 1.26. The van der Waals surface area contributed by atoms with Gasteiger partial charge in [0.2, 0.25) is 0 Å². The van der Waals surface area contributed by atoms with Gasteiger partial charge in [-0.05, 0) is 31.4 Å². The Morgan fingerprint density at radius 2 is 1.92 bits per heavy atom. The Morgan fingerprint density at radius 1 is 1.33 bits per heavy atom. The van der Waals surface area contributed by atoms with Crippen LogP contribution in [0.15, 0.2) is 6.07 Å². The number of hydrogen-bond donors (Lipinski definition) is 1. The van der Waals surface area contributed by atoms with Crippen molar-refractivity contribution in [2.45, 2.75) is 33.6 Å². The average Bonchev–Trinajstić information content (AvgIpc) is 1.96. The predicted molar refractivity (Wildman–Crippen MR) is 49.5 cm³/mol. The lowest BCUT2D eigenvalue weighted by Crippen LogP contribution is -1.97. The molecule has 0 aromatic carbocycles. The van der Waals surface area contributed by atoms with Gasteiger partial charge in [0.25, 0.3) is 0 Å². The van der Waals surface area contributed by atoms with E-state index in [0.29, 0.717) is 5.75 Å². The van der Waals surface area contributed by atoms with Crippen LogP contribution in [0.25, 0.3) is 0 Å². The van der Waals surface area contributed by atoms with Crippen LogP contribution in [0.4, 0.5) is 0 Å². The van der Waals surface area contributed by atoms with Crippen molar-refractivity contribution in [1.29, 1.82) is 0 Å². The van der Waals surface area contributed by atoms with Crippen molar-refractivity contribution < 1.29 is 5.11 Å². The highest BCUT2D eigenvalue weighted by molar-refractivity contribution is 5.37. The number of aromatic hydroxyl groups is 1. The molecule has 0 fully saturated rings. The van der Waals surface area contributed by atoms with E-state index in [2.05, 4.69) is 4.98 Å². The van der Waals surface area contributed by atoms with Crippen molar-refractivity contribution >= 4 is 0 Å². The van der Waals surface area contributed by atoms with Crippen molar-refractivity contribution in [3.8, 4) is 5.75 Å². The summed E-state index contributed by atoms with van der Waals surface area (Å²) in [6.45, 7) is 7.90. The molecule has 1 aromatic rings. The van der Waals surface area contributed by atoms with E-state index >= 15 is 0 Å². The van der Waals surface area contributed by atoms with Gasteiger partial charge in [-0.1, -0.05) is 13.8 Å². The van der Waals surface area contributed by atoms with Gasteiger partial charge in [0, 0.05) is 5.69 Å². The molecule has 0 amide bonds. The molecular weight excluding hydrogens is 150 g/mol. The number of pyridine rings is 1. The van der Waals surface area contributed by atoms with E-state index in [4.69, 9.17) is 0 Å². The summed E-state index contributed by atoms with van der Waals surface area (Å²) >= 11 is 0. The van der Waals surface area contributed by atoms with E-state index < -0.39 is 0 Å². The molecule has 1 heterocycles. The molecule has 1 rings (SSSR count). The minimum absolute atomic E-state index is 0.281. The van der Waals surface area contributed by atoms with Gasteiger partial charge in [-0.2, -0.15) is 0 Å². The standard InChI is InChI=1S/C10H15NO/c1-6(2)9-10(12)7(3)5-8(4)11-9/h5-6,12H,1-4H3. The summed E-state index contributed by atoms with van der Waals surface area (Å²) in [6, 6.07) is 1.89. The van der Waals surface area contributed by atoms with Gasteiger partial charge in [0.1, 0.15) is 5.75 Å². The Hall–Kier alpha value is -1.05. The number of aryl methyl sites for hydroxylation is 2. The van der Waals surface area contributed by atoms with E-state index in [1.807, 2.05) is 33.8 Å². The van der Waals surface area contributed by atoms with E-state index in [1.165, 1.54) is 0 Å². The molecule has 1 N–H and O–H groups in total. The zero-order valence-corrected chi connectivity index (χ0v) is 8.05. The molecule has 0 aliphatic rings. The first-order chi connectivity index (χ1) is 5.52. The summed E-state index contributed by atoms with van der Waals surface area (Å²) in [7, 11) is 0. The number of nitrogens with zero attached hydrogens (tertiary/aromatic N) is 1. The van der Waals surface area contributed by atoms with Crippen LogP contribution in [0.5, 0.6) is 5.75 Å². The highest BCUT2D eigenvalue weighted by Gasteiger charge is 2.09. The van der Waals surface area contributed by atoms with Crippen LogP contribution >= 0.6 is 0 Å². The molecule has 0 saturated carbocycles. The normalized spacial score (nSPS) is 10.8. The van der Waals surface area contributed by atoms with Gasteiger partial charge in [-0.25, -0.2) is 0 Å². The van der Waals surface area contributed by atoms with Crippen LogP contribution in [0.3, 0.4) is 0 Å². The van der Waals surface area contributed by atoms with Crippen molar-refractivity contribution in [3.05, 3.63) is 23.0 Å². The minimum Gasteiger partial charge on any atom is -0.506 e. The summed E-state index contributed by atoms with van der Waals surface area (Å²) in [5.41, 5.74) is 2.67. The molecule has 0 saturated heterocycles. The van der Waals surface area contributed by atoms with Crippen LogP contribution in [-0.4, -0.2) is 10.1 Å². The van der Waals surface area contributed by atoms with Gasteiger partial charge >= 0.3 is 0 Å². The first-order valence-electron chi connectivity index (χ1n) is 4.19. The zero-order chi connectivity index (χ0) is 9.30. The predicted octanol–water partition coefficient (Wildman–Crippen LogP) is 2.53. The van der Waals surface area contributed by atoms with Crippen LogP contribution < -0.4 is 0 Å². The summed E-state index contributed by atoms with van der Waals surface area (Å²) in [6.07, 6.45) is 0. The lowest BCUT2D eigenvalue weighted by Gasteiger charge is -2.10. The lowest BCUT2D eigenvalue weighted by atomic mass is 10.1. The SMILES string of the molecule is Cc1cc(C)c(O)c(C(C)C)n1. The second-order valence-corrected chi connectivity index (χ2v) is 3.47. The average molecular weight is 165 g/mol. The molecular formula is C10H15NO. The second kappa shape index (κ2) is 3.13. The Morgan fingerprint density at radius 3 is 2.42 bits per heavy atom. The number of hydrogen-bond acceptors (Lipinski definition) is 2. The molecule has 0 unspecified atom stereocenters. The Kier molecular flexibility index (Phi) is 2.36. The fraction of sp³-hybridized carbons (Fsp3) is 0.500. The Labute approximate surface area is 73.3 Å². The van der Waals surface area contributed by atoms with Crippen molar-refractivity contribution in [1.82, 2.24) is 4.98 Å². The molecule has 1 aromatic heterocycles. The third-order valence-corrected chi connectivity index (χ3v) is 1.89. The van der Waals surface area contributed by atoms with Gasteiger partial charge in [0.15, 0.2) is 0 Å². The quantitative estimate of drug-likeness (QED) is 0.693. The molecule has 12 heavy (non-hydrogen) atoms. The van der Waals surface area contributed by atoms with Gasteiger partial charge < -0.3 is 5.11 Å². The third-order valence-electron chi connectivity index (χ3n) is 1.89. The van der Waals surface area contributed by atoms with Crippen LogP contribution in [0.1, 0.15) is 36.7 Å².